The van der Waals surface area contributed by atoms with Crippen molar-refractivity contribution in [3.8, 4) is 17.1 Å². The Bertz CT molecular complexity index is 1080. The molecule has 8 heteroatoms. The maximum Gasteiger partial charge on any atom is 0.245 e. The van der Waals surface area contributed by atoms with Crippen LogP contribution in [0.25, 0.3) is 11.4 Å². The Morgan fingerprint density at radius 2 is 2.00 bits per heavy atom. The van der Waals surface area contributed by atoms with E-state index in [0.29, 0.717) is 34.7 Å². The fourth-order valence-corrected chi connectivity index (χ4v) is 4.06. The average Bonchev–Trinajstić information content (AvgIpc) is 3.14. The SMILES string of the molecule is Cc1ccc(-c2n[nH]c(=S)n2CC(=O)Nc2ncccc2OCC2CCCCC2)cc1. The Morgan fingerprint density at radius 1 is 1.23 bits per heavy atom. The lowest BCUT2D eigenvalue weighted by Crippen LogP contribution is -2.21. The summed E-state index contributed by atoms with van der Waals surface area (Å²) in [6, 6.07) is 11.6. The van der Waals surface area contributed by atoms with Crippen molar-refractivity contribution in [3.63, 3.8) is 0 Å². The molecule has 2 heterocycles. The molecule has 0 atom stereocenters. The zero-order valence-corrected chi connectivity index (χ0v) is 18.5. The summed E-state index contributed by atoms with van der Waals surface area (Å²) in [6.07, 6.45) is 7.87. The van der Waals surface area contributed by atoms with Crippen LogP contribution in [0, 0.1) is 17.6 Å². The van der Waals surface area contributed by atoms with Gasteiger partial charge < -0.3 is 10.1 Å². The van der Waals surface area contributed by atoms with E-state index in [1.54, 1.807) is 10.8 Å². The van der Waals surface area contributed by atoms with Gasteiger partial charge in [-0.05, 0) is 50.0 Å². The normalized spacial score (nSPS) is 14.4. The number of ether oxygens (including phenoxy) is 1. The van der Waals surface area contributed by atoms with Crippen molar-refractivity contribution in [2.24, 2.45) is 5.92 Å². The summed E-state index contributed by atoms with van der Waals surface area (Å²) in [4.78, 5) is 17.1. The first-order valence-electron chi connectivity index (χ1n) is 10.7. The maximum atomic E-state index is 12.8. The lowest BCUT2D eigenvalue weighted by atomic mass is 9.90. The van der Waals surface area contributed by atoms with Crippen LogP contribution >= 0.6 is 12.2 Å². The summed E-state index contributed by atoms with van der Waals surface area (Å²) in [7, 11) is 0. The van der Waals surface area contributed by atoms with Gasteiger partial charge in [-0.25, -0.2) is 4.98 Å². The Morgan fingerprint density at radius 3 is 2.77 bits per heavy atom. The Labute approximate surface area is 186 Å². The minimum absolute atomic E-state index is 0.0250. The predicted octanol–water partition coefficient (Wildman–Crippen LogP) is 4.91. The first-order valence-corrected chi connectivity index (χ1v) is 11.1. The van der Waals surface area contributed by atoms with E-state index in [-0.39, 0.29) is 12.5 Å². The van der Waals surface area contributed by atoms with Gasteiger partial charge in [-0.1, -0.05) is 49.1 Å². The van der Waals surface area contributed by atoms with E-state index < -0.39 is 0 Å². The number of aromatic nitrogens is 4. The van der Waals surface area contributed by atoms with Crippen molar-refractivity contribution in [3.05, 3.63) is 52.9 Å². The number of nitrogens with zero attached hydrogens (tertiary/aromatic N) is 3. The van der Waals surface area contributed by atoms with Gasteiger partial charge in [-0.15, -0.1) is 0 Å². The second-order valence-electron chi connectivity index (χ2n) is 8.02. The van der Waals surface area contributed by atoms with Crippen molar-refractivity contribution in [2.75, 3.05) is 11.9 Å². The van der Waals surface area contributed by atoms with Crippen LogP contribution in [0.15, 0.2) is 42.6 Å². The summed E-state index contributed by atoms with van der Waals surface area (Å²) >= 11 is 5.35. The van der Waals surface area contributed by atoms with Gasteiger partial charge in [0.2, 0.25) is 5.91 Å². The number of rotatable bonds is 7. The first kappa shape index (κ1) is 21.2. The number of pyridine rings is 1. The zero-order chi connectivity index (χ0) is 21.6. The molecule has 3 aromatic rings. The third kappa shape index (κ3) is 5.38. The van der Waals surface area contributed by atoms with Crippen LogP contribution in [0.3, 0.4) is 0 Å². The second-order valence-corrected chi connectivity index (χ2v) is 8.40. The molecule has 0 spiro atoms. The molecular formula is C23H27N5O2S. The Hall–Kier alpha value is -3.00. The Kier molecular flexibility index (Phi) is 6.76. The molecule has 7 nitrogen and oxygen atoms in total. The van der Waals surface area contributed by atoms with Crippen molar-refractivity contribution in [2.45, 2.75) is 45.6 Å². The van der Waals surface area contributed by atoms with E-state index in [0.717, 1.165) is 11.1 Å². The highest BCUT2D eigenvalue weighted by Gasteiger charge is 2.17. The summed E-state index contributed by atoms with van der Waals surface area (Å²) in [5.41, 5.74) is 2.04. The number of hydrogen-bond donors (Lipinski definition) is 2. The predicted molar refractivity (Wildman–Crippen MR) is 123 cm³/mol. The quantitative estimate of drug-likeness (QED) is 0.513. The molecule has 2 N–H and O–H groups in total. The number of aromatic amines is 1. The van der Waals surface area contributed by atoms with Crippen LogP contribution in [0.2, 0.25) is 0 Å². The molecule has 1 aromatic carbocycles. The number of carbonyl (C=O) groups excluding carboxylic acids is 1. The van der Waals surface area contributed by atoms with Crippen LogP contribution in [0.4, 0.5) is 5.82 Å². The average molecular weight is 438 g/mol. The Balaban J connectivity index is 1.44. The van der Waals surface area contributed by atoms with Crippen LogP contribution in [0.5, 0.6) is 5.75 Å². The highest BCUT2D eigenvalue weighted by Crippen LogP contribution is 2.27. The smallest absolute Gasteiger partial charge is 0.245 e. The molecule has 162 valence electrons. The molecular weight excluding hydrogens is 410 g/mol. The van der Waals surface area contributed by atoms with Gasteiger partial charge in [-0.3, -0.25) is 14.5 Å². The first-order chi connectivity index (χ1) is 15.1. The summed E-state index contributed by atoms with van der Waals surface area (Å²) < 4.78 is 8.09. The number of H-pyrrole nitrogens is 1. The summed E-state index contributed by atoms with van der Waals surface area (Å²) in [6.45, 7) is 2.70. The summed E-state index contributed by atoms with van der Waals surface area (Å²) in [5, 5.41) is 9.95. The number of hydrogen-bond acceptors (Lipinski definition) is 5. The molecule has 1 aliphatic rings. The number of nitrogens with one attached hydrogen (secondary N) is 2. The van der Waals surface area contributed by atoms with E-state index in [1.165, 1.54) is 32.1 Å². The van der Waals surface area contributed by atoms with Crippen molar-refractivity contribution >= 4 is 23.9 Å². The van der Waals surface area contributed by atoms with Gasteiger partial charge >= 0.3 is 0 Å². The lowest BCUT2D eigenvalue weighted by molar-refractivity contribution is -0.116. The van der Waals surface area contributed by atoms with Crippen LogP contribution in [0.1, 0.15) is 37.7 Å². The topological polar surface area (TPSA) is 84.8 Å². The monoisotopic (exact) mass is 437 g/mol. The van der Waals surface area contributed by atoms with Gasteiger partial charge in [-0.2, -0.15) is 5.10 Å². The molecule has 4 rings (SSSR count). The van der Waals surface area contributed by atoms with Crippen molar-refractivity contribution in [1.29, 1.82) is 0 Å². The molecule has 1 amide bonds. The van der Waals surface area contributed by atoms with Crippen LogP contribution in [-0.4, -0.2) is 32.3 Å². The van der Waals surface area contributed by atoms with Gasteiger partial charge in [0.1, 0.15) is 6.54 Å². The van der Waals surface area contributed by atoms with E-state index in [1.807, 2.05) is 43.3 Å². The minimum atomic E-state index is -0.243. The van der Waals surface area contributed by atoms with E-state index in [9.17, 15) is 4.79 Å². The molecule has 1 fully saturated rings. The number of anilines is 1. The van der Waals surface area contributed by atoms with Gasteiger partial charge in [0, 0.05) is 11.8 Å². The van der Waals surface area contributed by atoms with E-state index >= 15 is 0 Å². The molecule has 31 heavy (non-hydrogen) atoms. The van der Waals surface area contributed by atoms with E-state index in [2.05, 4.69) is 20.5 Å². The zero-order valence-electron chi connectivity index (χ0n) is 17.6. The standard InChI is InChI=1S/C23H27N5O2S/c1-16-9-11-18(12-10-16)22-26-27-23(31)28(22)14-20(29)25-21-19(8-5-13-24-21)30-15-17-6-3-2-4-7-17/h5,8-13,17H,2-4,6-7,14-15H2,1H3,(H,27,31)(H,24,25,29). The summed E-state index contributed by atoms with van der Waals surface area (Å²) in [5.74, 6) is 1.96. The van der Waals surface area contributed by atoms with Gasteiger partial charge in [0.05, 0.1) is 6.61 Å². The van der Waals surface area contributed by atoms with Gasteiger partial charge in [0.15, 0.2) is 22.2 Å². The second kappa shape index (κ2) is 9.87. The fourth-order valence-electron chi connectivity index (χ4n) is 3.86. The third-order valence-electron chi connectivity index (χ3n) is 5.60. The molecule has 0 radical (unpaired) electrons. The fraction of sp³-hybridized carbons (Fsp3) is 0.391. The number of benzene rings is 1. The van der Waals surface area contributed by atoms with E-state index in [4.69, 9.17) is 17.0 Å². The maximum absolute atomic E-state index is 12.8. The third-order valence-corrected chi connectivity index (χ3v) is 5.91. The minimum Gasteiger partial charge on any atom is -0.489 e. The van der Waals surface area contributed by atoms with Crippen LogP contribution in [-0.2, 0) is 11.3 Å². The molecule has 0 saturated heterocycles. The molecule has 1 aliphatic carbocycles. The van der Waals surface area contributed by atoms with Gasteiger partial charge in [0.25, 0.3) is 0 Å². The highest BCUT2D eigenvalue weighted by atomic mass is 32.1. The number of carbonyl (C=O) groups is 1. The molecule has 0 unspecified atom stereocenters. The number of amides is 1. The molecule has 1 saturated carbocycles. The van der Waals surface area contributed by atoms with Crippen molar-refractivity contribution in [1.82, 2.24) is 19.7 Å². The molecule has 0 bridgehead atoms. The molecule has 0 aliphatic heterocycles. The number of aryl methyl sites for hydroxylation is 1. The lowest BCUT2D eigenvalue weighted by Gasteiger charge is -2.22. The van der Waals surface area contributed by atoms with Crippen molar-refractivity contribution < 1.29 is 9.53 Å². The highest BCUT2D eigenvalue weighted by molar-refractivity contribution is 7.71. The van der Waals surface area contributed by atoms with Crippen LogP contribution < -0.4 is 10.1 Å². The molecule has 2 aromatic heterocycles. The largest absolute Gasteiger partial charge is 0.489 e.